The van der Waals surface area contributed by atoms with E-state index in [1.807, 2.05) is 0 Å². The Morgan fingerprint density at radius 3 is 2.29 bits per heavy atom. The van der Waals surface area contributed by atoms with Gasteiger partial charge < -0.3 is 15.5 Å². The Morgan fingerprint density at radius 1 is 0.964 bits per heavy atom. The fraction of sp³-hybridized carbons (Fsp3) is 0.292. The Balaban J connectivity index is 1.55. The number of aliphatic hydroxyl groups is 2. The third-order valence-corrected chi connectivity index (χ3v) is 5.59. The molecule has 0 spiro atoms. The maximum Gasteiger partial charge on any atom is 0.220 e. The molecule has 0 saturated carbocycles. The molecule has 4 nitrogen and oxygen atoms in total. The number of carbonyl (C=O) groups is 1. The zero-order valence-electron chi connectivity index (χ0n) is 16.0. The molecule has 0 aliphatic rings. The molecule has 1 amide bonds. The topological polar surface area (TPSA) is 69.6 Å². The molecule has 0 heterocycles. The SMILES string of the molecule is C[C@@H](O)[C@@H](CO)NC(=O)CCCc1ccc2ccc3cccc4ccc1c2c34. The van der Waals surface area contributed by atoms with Crippen LogP contribution < -0.4 is 5.32 Å². The summed E-state index contributed by atoms with van der Waals surface area (Å²) in [6.07, 6.45) is 1.12. The van der Waals surface area contributed by atoms with Gasteiger partial charge in [-0.25, -0.2) is 0 Å². The quantitative estimate of drug-likeness (QED) is 0.431. The van der Waals surface area contributed by atoms with Gasteiger partial charge in [-0.1, -0.05) is 54.6 Å². The van der Waals surface area contributed by atoms with Gasteiger partial charge in [-0.2, -0.15) is 0 Å². The Kier molecular flexibility index (Phi) is 5.16. The van der Waals surface area contributed by atoms with Crippen LogP contribution in [-0.4, -0.2) is 34.9 Å². The first-order chi connectivity index (χ1) is 13.6. The first-order valence-corrected chi connectivity index (χ1v) is 9.82. The molecule has 144 valence electrons. The summed E-state index contributed by atoms with van der Waals surface area (Å²) in [6.45, 7) is 1.30. The van der Waals surface area contributed by atoms with Crippen LogP contribution in [0.2, 0.25) is 0 Å². The number of amides is 1. The van der Waals surface area contributed by atoms with E-state index < -0.39 is 12.1 Å². The van der Waals surface area contributed by atoms with E-state index in [1.54, 1.807) is 6.92 Å². The lowest BCUT2D eigenvalue weighted by molar-refractivity contribution is -0.123. The molecule has 3 N–H and O–H groups in total. The van der Waals surface area contributed by atoms with E-state index in [2.05, 4.69) is 59.9 Å². The summed E-state index contributed by atoms with van der Waals surface area (Å²) in [6, 6.07) is 18.8. The minimum atomic E-state index is -0.772. The normalized spacial score (nSPS) is 14.0. The summed E-state index contributed by atoms with van der Waals surface area (Å²) in [5, 5.41) is 29.1. The lowest BCUT2D eigenvalue weighted by Gasteiger charge is -2.19. The van der Waals surface area contributed by atoms with Crippen molar-refractivity contribution < 1.29 is 15.0 Å². The van der Waals surface area contributed by atoms with Crippen LogP contribution in [-0.2, 0) is 11.2 Å². The van der Waals surface area contributed by atoms with E-state index in [9.17, 15) is 15.0 Å². The molecule has 0 aliphatic heterocycles. The van der Waals surface area contributed by atoms with E-state index in [4.69, 9.17) is 0 Å². The highest BCUT2D eigenvalue weighted by Gasteiger charge is 2.16. The smallest absolute Gasteiger partial charge is 0.220 e. The second-order valence-corrected chi connectivity index (χ2v) is 7.53. The van der Waals surface area contributed by atoms with E-state index >= 15 is 0 Å². The predicted molar refractivity (Wildman–Crippen MR) is 114 cm³/mol. The molecule has 0 bridgehead atoms. The van der Waals surface area contributed by atoms with Gasteiger partial charge in [0, 0.05) is 6.42 Å². The highest BCUT2D eigenvalue weighted by molar-refractivity contribution is 6.23. The lowest BCUT2D eigenvalue weighted by Crippen LogP contribution is -2.44. The molecule has 0 fully saturated rings. The Bertz CT molecular complexity index is 1100. The highest BCUT2D eigenvalue weighted by atomic mass is 16.3. The largest absolute Gasteiger partial charge is 0.394 e. The van der Waals surface area contributed by atoms with Crippen LogP contribution in [0.5, 0.6) is 0 Å². The van der Waals surface area contributed by atoms with Crippen molar-refractivity contribution in [2.24, 2.45) is 0 Å². The second kappa shape index (κ2) is 7.74. The minimum Gasteiger partial charge on any atom is -0.394 e. The number of hydrogen-bond acceptors (Lipinski definition) is 3. The molecule has 4 rings (SSSR count). The Morgan fingerprint density at radius 2 is 1.61 bits per heavy atom. The first kappa shape index (κ1) is 18.7. The molecule has 4 aromatic rings. The van der Waals surface area contributed by atoms with Gasteiger partial charge in [0.2, 0.25) is 5.91 Å². The Labute approximate surface area is 164 Å². The van der Waals surface area contributed by atoms with Crippen LogP contribution in [0, 0.1) is 0 Å². The van der Waals surface area contributed by atoms with Crippen molar-refractivity contribution >= 4 is 38.2 Å². The minimum absolute atomic E-state index is 0.141. The van der Waals surface area contributed by atoms with Crippen LogP contribution in [0.1, 0.15) is 25.3 Å². The number of carbonyl (C=O) groups excluding carboxylic acids is 1. The second-order valence-electron chi connectivity index (χ2n) is 7.53. The Hall–Kier alpha value is -2.69. The maximum atomic E-state index is 12.1. The summed E-state index contributed by atoms with van der Waals surface area (Å²) in [5.41, 5.74) is 1.24. The number of benzene rings is 4. The zero-order valence-corrected chi connectivity index (χ0v) is 16.0. The van der Waals surface area contributed by atoms with E-state index in [1.165, 1.54) is 37.9 Å². The average Bonchev–Trinajstić information content (AvgIpc) is 2.70. The summed E-state index contributed by atoms with van der Waals surface area (Å²) in [7, 11) is 0. The molecule has 0 aliphatic carbocycles. The third kappa shape index (κ3) is 3.41. The summed E-state index contributed by atoms with van der Waals surface area (Å²) < 4.78 is 0. The lowest BCUT2D eigenvalue weighted by atomic mass is 9.90. The monoisotopic (exact) mass is 375 g/mol. The molecule has 0 radical (unpaired) electrons. The number of rotatable bonds is 7. The maximum absolute atomic E-state index is 12.1. The van der Waals surface area contributed by atoms with Crippen molar-refractivity contribution in [1.82, 2.24) is 5.32 Å². The average molecular weight is 375 g/mol. The van der Waals surface area contributed by atoms with Gasteiger partial charge in [0.05, 0.1) is 18.8 Å². The molecule has 0 aromatic heterocycles. The molecular formula is C24H25NO3. The van der Waals surface area contributed by atoms with Crippen molar-refractivity contribution in [3.63, 3.8) is 0 Å². The molecule has 2 atom stereocenters. The van der Waals surface area contributed by atoms with Crippen LogP contribution in [0.15, 0.2) is 54.6 Å². The number of aryl methyl sites for hydroxylation is 1. The molecular weight excluding hydrogens is 350 g/mol. The van der Waals surface area contributed by atoms with E-state index in [-0.39, 0.29) is 12.5 Å². The van der Waals surface area contributed by atoms with E-state index in [0.717, 1.165) is 6.42 Å². The number of aliphatic hydroxyl groups excluding tert-OH is 2. The van der Waals surface area contributed by atoms with Gasteiger partial charge in [0.1, 0.15) is 0 Å². The summed E-state index contributed by atoms with van der Waals surface area (Å²) in [5.74, 6) is -0.141. The van der Waals surface area contributed by atoms with E-state index in [0.29, 0.717) is 12.8 Å². The van der Waals surface area contributed by atoms with Crippen molar-refractivity contribution in [2.75, 3.05) is 6.61 Å². The molecule has 28 heavy (non-hydrogen) atoms. The number of nitrogens with one attached hydrogen (secondary N) is 1. The van der Waals surface area contributed by atoms with Gasteiger partial charge in [0.15, 0.2) is 0 Å². The molecule has 4 aromatic carbocycles. The molecule has 0 saturated heterocycles. The third-order valence-electron chi connectivity index (χ3n) is 5.59. The van der Waals surface area contributed by atoms with Crippen molar-refractivity contribution in [3.8, 4) is 0 Å². The summed E-state index contributed by atoms with van der Waals surface area (Å²) >= 11 is 0. The fourth-order valence-electron chi connectivity index (χ4n) is 4.05. The van der Waals surface area contributed by atoms with Crippen molar-refractivity contribution in [2.45, 2.75) is 38.3 Å². The van der Waals surface area contributed by atoms with Gasteiger partial charge >= 0.3 is 0 Å². The highest BCUT2D eigenvalue weighted by Crippen LogP contribution is 2.36. The standard InChI is InChI=1S/C24H25NO3/c1-15(27)21(14-26)25-22(28)7-3-4-16-8-9-19-11-10-17-5-2-6-18-12-13-20(16)24(19)23(17)18/h2,5-6,8-13,15,21,26-27H,3-4,7,14H2,1H3,(H,25,28)/t15-,21-/m1/s1. The van der Waals surface area contributed by atoms with Crippen molar-refractivity contribution in [1.29, 1.82) is 0 Å². The van der Waals surface area contributed by atoms with Crippen molar-refractivity contribution in [3.05, 3.63) is 60.2 Å². The zero-order chi connectivity index (χ0) is 19.7. The van der Waals surface area contributed by atoms with Gasteiger partial charge in [-0.05, 0) is 57.6 Å². The number of hydrogen-bond donors (Lipinski definition) is 3. The predicted octanol–water partition coefficient (Wildman–Crippen LogP) is 3.76. The molecule has 0 unspecified atom stereocenters. The van der Waals surface area contributed by atoms with Crippen LogP contribution in [0.4, 0.5) is 0 Å². The van der Waals surface area contributed by atoms with Gasteiger partial charge in [0.25, 0.3) is 0 Å². The summed E-state index contributed by atoms with van der Waals surface area (Å²) in [4.78, 5) is 12.1. The first-order valence-electron chi connectivity index (χ1n) is 9.82. The van der Waals surface area contributed by atoms with Crippen LogP contribution in [0.25, 0.3) is 32.3 Å². The molecule has 4 heteroatoms. The van der Waals surface area contributed by atoms with Crippen LogP contribution >= 0.6 is 0 Å². The fourth-order valence-corrected chi connectivity index (χ4v) is 4.05. The van der Waals surface area contributed by atoms with Crippen LogP contribution in [0.3, 0.4) is 0 Å². The van der Waals surface area contributed by atoms with Gasteiger partial charge in [-0.3, -0.25) is 4.79 Å². The van der Waals surface area contributed by atoms with Gasteiger partial charge in [-0.15, -0.1) is 0 Å².